The molecular formula is C21H44O2. The molecule has 0 heterocycles. The van der Waals surface area contributed by atoms with Crippen LogP contribution in [0.4, 0.5) is 0 Å². The summed E-state index contributed by atoms with van der Waals surface area (Å²) in [5, 5.41) is 17.6. The molecule has 0 aromatic rings. The van der Waals surface area contributed by atoms with Crippen molar-refractivity contribution in [2.45, 2.75) is 129 Å². The quantitative estimate of drug-likeness (QED) is 0.220. The van der Waals surface area contributed by atoms with Gasteiger partial charge in [0.25, 0.3) is 0 Å². The molecule has 2 N–H and O–H groups in total. The fraction of sp³-hybridized carbons (Fsp3) is 1.00. The van der Waals surface area contributed by atoms with Crippen molar-refractivity contribution in [3.8, 4) is 0 Å². The highest BCUT2D eigenvalue weighted by molar-refractivity contribution is 4.56. The fourth-order valence-electron chi connectivity index (χ4n) is 3.30. The Morgan fingerprint density at radius 2 is 0.870 bits per heavy atom. The van der Waals surface area contributed by atoms with Crippen molar-refractivity contribution in [1.29, 1.82) is 0 Å². The van der Waals surface area contributed by atoms with Crippen LogP contribution in [0.5, 0.6) is 0 Å². The lowest BCUT2D eigenvalue weighted by Crippen LogP contribution is -2.03. The van der Waals surface area contributed by atoms with Gasteiger partial charge in [0, 0.05) is 0 Å². The molecule has 23 heavy (non-hydrogen) atoms. The summed E-state index contributed by atoms with van der Waals surface area (Å²) in [6, 6.07) is 0. The average molecular weight is 329 g/mol. The van der Waals surface area contributed by atoms with Crippen LogP contribution in [-0.2, 0) is 0 Å². The van der Waals surface area contributed by atoms with E-state index in [4.69, 9.17) is 10.2 Å². The van der Waals surface area contributed by atoms with Crippen molar-refractivity contribution in [2.24, 2.45) is 5.92 Å². The van der Waals surface area contributed by atoms with Crippen LogP contribution in [0.2, 0.25) is 0 Å². The van der Waals surface area contributed by atoms with Gasteiger partial charge < -0.3 is 10.2 Å². The third-order valence-electron chi connectivity index (χ3n) is 4.96. The largest absolute Gasteiger partial charge is 0.368 e. The minimum atomic E-state index is -1.11. The molecule has 0 aliphatic carbocycles. The van der Waals surface area contributed by atoms with Gasteiger partial charge in [0.2, 0.25) is 0 Å². The topological polar surface area (TPSA) is 40.5 Å². The summed E-state index contributed by atoms with van der Waals surface area (Å²) in [7, 11) is 0. The van der Waals surface area contributed by atoms with Crippen molar-refractivity contribution in [2.75, 3.05) is 0 Å². The van der Waals surface area contributed by atoms with E-state index < -0.39 is 6.29 Å². The molecule has 0 spiro atoms. The van der Waals surface area contributed by atoms with E-state index in [9.17, 15) is 0 Å². The first-order chi connectivity index (χ1) is 11.2. The van der Waals surface area contributed by atoms with Gasteiger partial charge in [-0.25, -0.2) is 0 Å². The molecule has 0 amide bonds. The second-order valence-electron chi connectivity index (χ2n) is 7.55. The van der Waals surface area contributed by atoms with Gasteiger partial charge in [0.1, 0.15) is 0 Å². The molecule has 0 saturated heterocycles. The third-order valence-corrected chi connectivity index (χ3v) is 4.96. The van der Waals surface area contributed by atoms with Gasteiger partial charge in [-0.1, -0.05) is 110 Å². The van der Waals surface area contributed by atoms with Crippen LogP contribution in [0, 0.1) is 5.92 Å². The lowest BCUT2D eigenvalue weighted by Gasteiger charge is -2.11. The molecular weight excluding hydrogens is 284 g/mol. The number of rotatable bonds is 18. The summed E-state index contributed by atoms with van der Waals surface area (Å²) < 4.78 is 0. The maximum absolute atomic E-state index is 8.78. The molecule has 2 heteroatoms. The number of hydrogen-bond acceptors (Lipinski definition) is 2. The Balaban J connectivity index is 3.14. The minimum Gasteiger partial charge on any atom is -0.368 e. The van der Waals surface area contributed by atoms with Gasteiger partial charge in [0.15, 0.2) is 6.29 Å². The van der Waals surface area contributed by atoms with Crippen LogP contribution < -0.4 is 0 Å². The molecule has 1 unspecified atom stereocenters. The molecule has 2 nitrogen and oxygen atoms in total. The van der Waals surface area contributed by atoms with E-state index in [-0.39, 0.29) is 0 Å². The van der Waals surface area contributed by atoms with Crippen LogP contribution in [0.1, 0.15) is 123 Å². The summed E-state index contributed by atoms with van der Waals surface area (Å²) in [6.07, 6.45) is 21.1. The number of unbranched alkanes of at least 4 members (excludes halogenated alkanes) is 12. The van der Waals surface area contributed by atoms with Crippen LogP contribution in [0.3, 0.4) is 0 Å². The van der Waals surface area contributed by atoms with Gasteiger partial charge in [-0.15, -0.1) is 0 Å². The zero-order chi connectivity index (χ0) is 17.2. The Hall–Kier alpha value is -0.0800. The maximum atomic E-state index is 8.78. The van der Waals surface area contributed by atoms with Gasteiger partial charge in [-0.3, -0.25) is 0 Å². The predicted molar refractivity (Wildman–Crippen MR) is 102 cm³/mol. The Labute approximate surface area is 146 Å². The molecule has 0 aromatic heterocycles. The molecule has 0 bridgehead atoms. The second kappa shape index (κ2) is 18.3. The molecule has 0 aromatic carbocycles. The van der Waals surface area contributed by atoms with Gasteiger partial charge in [-0.05, 0) is 18.8 Å². The van der Waals surface area contributed by atoms with E-state index in [1.807, 2.05) is 0 Å². The molecule has 0 radical (unpaired) electrons. The maximum Gasteiger partial charge on any atom is 0.151 e. The van der Waals surface area contributed by atoms with Crippen molar-refractivity contribution >= 4 is 0 Å². The summed E-state index contributed by atoms with van der Waals surface area (Å²) in [6.45, 7) is 4.68. The van der Waals surface area contributed by atoms with Crippen LogP contribution in [0.25, 0.3) is 0 Å². The summed E-state index contributed by atoms with van der Waals surface area (Å²) >= 11 is 0. The first-order valence-corrected chi connectivity index (χ1v) is 10.5. The number of aliphatic hydroxyl groups is 2. The van der Waals surface area contributed by atoms with Crippen LogP contribution in [0.15, 0.2) is 0 Å². The fourth-order valence-corrected chi connectivity index (χ4v) is 3.30. The van der Waals surface area contributed by atoms with E-state index >= 15 is 0 Å². The highest BCUT2D eigenvalue weighted by Gasteiger charge is 2.03. The normalized spacial score (nSPS) is 12.9. The van der Waals surface area contributed by atoms with Crippen LogP contribution in [-0.4, -0.2) is 16.5 Å². The summed E-state index contributed by atoms with van der Waals surface area (Å²) in [5.74, 6) is 0.868. The standard InChI is InChI=1S/C21H44O2/c1-3-4-5-6-7-8-9-10-11-14-17-20(2)18-15-12-13-16-19-21(22)23/h20-23H,3-19H2,1-2H3. The van der Waals surface area contributed by atoms with E-state index in [2.05, 4.69) is 13.8 Å². The van der Waals surface area contributed by atoms with E-state index in [0.717, 1.165) is 18.8 Å². The van der Waals surface area contributed by atoms with Gasteiger partial charge in [-0.2, -0.15) is 0 Å². The summed E-state index contributed by atoms with van der Waals surface area (Å²) in [5.41, 5.74) is 0. The number of aliphatic hydroxyl groups excluding tert-OH is 1. The van der Waals surface area contributed by atoms with Crippen molar-refractivity contribution in [1.82, 2.24) is 0 Å². The lowest BCUT2D eigenvalue weighted by atomic mass is 9.96. The molecule has 0 aliphatic heterocycles. The second-order valence-corrected chi connectivity index (χ2v) is 7.55. The Morgan fingerprint density at radius 3 is 1.26 bits per heavy atom. The molecule has 0 saturated carbocycles. The highest BCUT2D eigenvalue weighted by atomic mass is 16.5. The molecule has 0 rings (SSSR count). The highest BCUT2D eigenvalue weighted by Crippen LogP contribution is 2.18. The molecule has 0 aliphatic rings. The zero-order valence-corrected chi connectivity index (χ0v) is 16.1. The van der Waals surface area contributed by atoms with Crippen molar-refractivity contribution in [3.63, 3.8) is 0 Å². The molecule has 140 valence electrons. The van der Waals surface area contributed by atoms with E-state index in [1.54, 1.807) is 0 Å². The van der Waals surface area contributed by atoms with Crippen LogP contribution >= 0.6 is 0 Å². The first-order valence-electron chi connectivity index (χ1n) is 10.5. The lowest BCUT2D eigenvalue weighted by molar-refractivity contribution is -0.0466. The zero-order valence-electron chi connectivity index (χ0n) is 16.1. The Bertz CT molecular complexity index is 216. The van der Waals surface area contributed by atoms with Gasteiger partial charge in [0.05, 0.1) is 0 Å². The Kier molecular flexibility index (Phi) is 18.2. The minimum absolute atomic E-state index is 0.536. The number of hydrogen-bond donors (Lipinski definition) is 2. The Morgan fingerprint density at radius 1 is 0.522 bits per heavy atom. The summed E-state index contributed by atoms with van der Waals surface area (Å²) in [4.78, 5) is 0. The first kappa shape index (κ1) is 22.9. The predicted octanol–water partition coefficient (Wildman–Crippen LogP) is 6.58. The van der Waals surface area contributed by atoms with E-state index in [0.29, 0.717) is 6.42 Å². The SMILES string of the molecule is CCCCCCCCCCCCC(C)CCCCCCC(O)O. The molecule has 1 atom stereocenters. The molecule has 0 fully saturated rings. The third kappa shape index (κ3) is 19.9. The smallest absolute Gasteiger partial charge is 0.151 e. The monoisotopic (exact) mass is 328 g/mol. The van der Waals surface area contributed by atoms with Gasteiger partial charge >= 0.3 is 0 Å². The van der Waals surface area contributed by atoms with E-state index in [1.165, 1.54) is 89.9 Å². The van der Waals surface area contributed by atoms with Crippen molar-refractivity contribution in [3.05, 3.63) is 0 Å². The van der Waals surface area contributed by atoms with Crippen molar-refractivity contribution < 1.29 is 10.2 Å². The average Bonchev–Trinajstić information content (AvgIpc) is 2.52.